The van der Waals surface area contributed by atoms with Crippen molar-refractivity contribution >= 4 is 0 Å². The molecule has 0 radical (unpaired) electrons. The van der Waals surface area contributed by atoms with Crippen molar-refractivity contribution in [2.45, 2.75) is 34.1 Å². The fourth-order valence-corrected chi connectivity index (χ4v) is 0. The predicted octanol–water partition coefficient (Wildman–Crippen LogP) is 2.71. The van der Waals surface area contributed by atoms with Crippen molar-refractivity contribution in [3.8, 4) is 0 Å². The van der Waals surface area contributed by atoms with Crippen LogP contribution in [0.2, 0.25) is 0 Å². The molecule has 0 atom stereocenters. The van der Waals surface area contributed by atoms with Gasteiger partial charge in [0.1, 0.15) is 0 Å². The Kier molecular flexibility index (Phi) is 14.1. The van der Waals surface area contributed by atoms with Gasteiger partial charge in [0.2, 0.25) is 0 Å². The summed E-state index contributed by atoms with van der Waals surface area (Å²) in [6.45, 7) is 9.42. The zero-order valence-corrected chi connectivity index (χ0v) is 7.40. The molecule has 0 aromatic carbocycles. The fourth-order valence-electron chi connectivity index (χ4n) is 0. The van der Waals surface area contributed by atoms with Crippen LogP contribution in [-0.2, 0) is 4.74 Å². The summed E-state index contributed by atoms with van der Waals surface area (Å²) in [4.78, 5) is 0. The molecule has 0 amide bonds. The van der Waals surface area contributed by atoms with Gasteiger partial charge in [-0.2, -0.15) is 0 Å². The molecule has 0 saturated heterocycles. The quantitative estimate of drug-likeness (QED) is 0.561. The second kappa shape index (κ2) is 10.9. The molecular formula is C8H20O. The summed E-state index contributed by atoms with van der Waals surface area (Å²) < 4.78 is 4.54. The molecule has 0 saturated carbocycles. The molecular weight excluding hydrogens is 112 g/mol. The van der Waals surface area contributed by atoms with E-state index in [-0.39, 0.29) is 0 Å². The van der Waals surface area contributed by atoms with E-state index in [4.69, 9.17) is 0 Å². The highest BCUT2D eigenvalue weighted by molar-refractivity contribution is 4.32. The van der Waals surface area contributed by atoms with Gasteiger partial charge in [-0.15, -0.1) is 0 Å². The molecule has 0 aliphatic carbocycles. The summed E-state index contributed by atoms with van der Waals surface area (Å²) in [6, 6.07) is 0. The van der Waals surface area contributed by atoms with Crippen molar-refractivity contribution in [1.82, 2.24) is 0 Å². The minimum Gasteiger partial charge on any atom is -0.385 e. The molecule has 0 bridgehead atoms. The molecule has 0 N–H and O–H groups in total. The van der Waals surface area contributed by atoms with Crippen LogP contribution in [0.4, 0.5) is 0 Å². The minimum atomic E-state index is 0.819. The molecule has 0 spiro atoms. The lowest BCUT2D eigenvalue weighted by molar-refractivity contribution is 0.215. The average Bonchev–Trinajstić information content (AvgIpc) is 1.89. The van der Waals surface area contributed by atoms with Crippen molar-refractivity contribution in [3.05, 3.63) is 0 Å². The highest BCUT2D eigenvalue weighted by Crippen LogP contribution is 1.93. The Morgan fingerprint density at radius 3 is 1.44 bits per heavy atom. The molecule has 58 valence electrons. The van der Waals surface area contributed by atoms with E-state index >= 15 is 0 Å². The Morgan fingerprint density at radius 2 is 1.44 bits per heavy atom. The number of hydrogen-bond donors (Lipinski definition) is 0. The molecule has 9 heavy (non-hydrogen) atoms. The van der Waals surface area contributed by atoms with E-state index in [1.165, 1.54) is 6.42 Å². The summed E-state index contributed by atoms with van der Waals surface area (Å²) in [5.41, 5.74) is 0. The van der Waals surface area contributed by atoms with Crippen molar-refractivity contribution in [1.29, 1.82) is 0 Å². The van der Waals surface area contributed by atoms with Crippen LogP contribution in [-0.4, -0.2) is 13.7 Å². The van der Waals surface area contributed by atoms with Crippen LogP contribution in [0.1, 0.15) is 34.1 Å². The fraction of sp³-hybridized carbons (Fsp3) is 1.00. The molecule has 0 aromatic rings. The maximum absolute atomic E-state index is 4.54. The van der Waals surface area contributed by atoms with Gasteiger partial charge in [0.25, 0.3) is 0 Å². The Morgan fingerprint density at radius 1 is 1.22 bits per heavy atom. The molecule has 0 unspecified atom stereocenters. The molecule has 1 nitrogen and oxygen atoms in total. The Balaban J connectivity index is 0. The summed E-state index contributed by atoms with van der Waals surface area (Å²) >= 11 is 0. The van der Waals surface area contributed by atoms with Gasteiger partial charge in [-0.1, -0.05) is 27.2 Å². The number of hydrogen-bond acceptors (Lipinski definition) is 1. The highest BCUT2D eigenvalue weighted by atomic mass is 16.5. The Labute approximate surface area is 59.4 Å². The van der Waals surface area contributed by atoms with Gasteiger partial charge in [0, 0.05) is 13.7 Å². The van der Waals surface area contributed by atoms with E-state index in [2.05, 4.69) is 25.5 Å². The van der Waals surface area contributed by atoms with Crippen LogP contribution < -0.4 is 0 Å². The van der Waals surface area contributed by atoms with Crippen molar-refractivity contribution in [2.24, 2.45) is 5.92 Å². The van der Waals surface area contributed by atoms with Gasteiger partial charge in [-0.25, -0.2) is 0 Å². The van der Waals surface area contributed by atoms with Crippen LogP contribution >= 0.6 is 0 Å². The number of methoxy groups -OCH3 is 1. The average molecular weight is 132 g/mol. The standard InChI is InChI=1S/C5H12.C3H8O/c1-4-5(2)3;1-3-4-2/h5H,4H2,1-3H3;3H2,1-2H3. The smallest absolute Gasteiger partial charge is 0.0433 e. The summed E-state index contributed by atoms with van der Waals surface area (Å²) in [6.07, 6.45) is 1.31. The molecule has 0 aromatic heterocycles. The lowest BCUT2D eigenvalue weighted by Gasteiger charge is -1.90. The summed E-state index contributed by atoms with van der Waals surface area (Å²) in [5, 5.41) is 0. The SMILES string of the molecule is CCC(C)C.CCOC. The molecule has 1 heteroatoms. The van der Waals surface area contributed by atoms with Gasteiger partial charge < -0.3 is 4.74 Å². The van der Waals surface area contributed by atoms with Gasteiger partial charge in [0.15, 0.2) is 0 Å². The third-order valence-electron chi connectivity index (χ3n) is 1.11. The van der Waals surface area contributed by atoms with Crippen LogP contribution in [0.25, 0.3) is 0 Å². The highest BCUT2D eigenvalue weighted by Gasteiger charge is 1.80. The van der Waals surface area contributed by atoms with Crippen LogP contribution in [0, 0.1) is 5.92 Å². The molecule has 0 rings (SSSR count). The number of ether oxygens (including phenoxy) is 1. The lowest BCUT2D eigenvalue weighted by atomic mass is 10.2. The van der Waals surface area contributed by atoms with Crippen LogP contribution in [0.5, 0.6) is 0 Å². The first-order valence-corrected chi connectivity index (χ1v) is 3.67. The van der Waals surface area contributed by atoms with Crippen molar-refractivity contribution < 1.29 is 4.74 Å². The number of rotatable bonds is 2. The minimum absolute atomic E-state index is 0.819. The van der Waals surface area contributed by atoms with Crippen molar-refractivity contribution in [3.63, 3.8) is 0 Å². The zero-order chi connectivity index (χ0) is 7.70. The van der Waals surface area contributed by atoms with E-state index in [9.17, 15) is 0 Å². The first kappa shape index (κ1) is 11.7. The van der Waals surface area contributed by atoms with E-state index in [1.807, 2.05) is 6.92 Å². The second-order valence-corrected chi connectivity index (χ2v) is 2.38. The first-order chi connectivity index (χ1) is 4.18. The molecule has 0 fully saturated rings. The maximum Gasteiger partial charge on any atom is 0.0433 e. The van der Waals surface area contributed by atoms with Gasteiger partial charge >= 0.3 is 0 Å². The third kappa shape index (κ3) is 32.3. The molecule has 0 heterocycles. The van der Waals surface area contributed by atoms with Gasteiger partial charge in [0.05, 0.1) is 0 Å². The third-order valence-corrected chi connectivity index (χ3v) is 1.11. The molecule has 0 aliphatic rings. The topological polar surface area (TPSA) is 9.23 Å². The first-order valence-electron chi connectivity index (χ1n) is 3.67. The van der Waals surface area contributed by atoms with Crippen molar-refractivity contribution in [2.75, 3.05) is 13.7 Å². The normalized spacial score (nSPS) is 8.67. The van der Waals surface area contributed by atoms with Gasteiger partial charge in [-0.3, -0.25) is 0 Å². The second-order valence-electron chi connectivity index (χ2n) is 2.38. The van der Waals surface area contributed by atoms with E-state index in [1.54, 1.807) is 7.11 Å². The summed E-state index contributed by atoms with van der Waals surface area (Å²) in [7, 11) is 1.68. The predicted molar refractivity (Wildman–Crippen MR) is 42.7 cm³/mol. The van der Waals surface area contributed by atoms with Crippen LogP contribution in [0.15, 0.2) is 0 Å². The lowest BCUT2D eigenvalue weighted by Crippen LogP contribution is -1.77. The van der Waals surface area contributed by atoms with E-state index in [0.717, 1.165) is 12.5 Å². The monoisotopic (exact) mass is 132 g/mol. The molecule has 0 aliphatic heterocycles. The van der Waals surface area contributed by atoms with Crippen LogP contribution in [0.3, 0.4) is 0 Å². The zero-order valence-electron chi connectivity index (χ0n) is 7.40. The van der Waals surface area contributed by atoms with E-state index in [0.29, 0.717) is 0 Å². The Hall–Kier alpha value is -0.0400. The Bertz CT molecular complexity index is 31.5. The van der Waals surface area contributed by atoms with E-state index < -0.39 is 0 Å². The van der Waals surface area contributed by atoms with Gasteiger partial charge in [-0.05, 0) is 12.8 Å². The maximum atomic E-state index is 4.54. The largest absolute Gasteiger partial charge is 0.385 e. The summed E-state index contributed by atoms with van der Waals surface area (Å²) in [5.74, 6) is 0.884.